The lowest BCUT2D eigenvalue weighted by molar-refractivity contribution is 0.132. The third-order valence-corrected chi connectivity index (χ3v) is 4.07. The number of halogens is 1. The van der Waals surface area contributed by atoms with E-state index >= 15 is 0 Å². The molecule has 0 bridgehead atoms. The molecule has 1 amide bonds. The minimum absolute atomic E-state index is 0.0597. The van der Waals surface area contributed by atoms with Gasteiger partial charge in [0.1, 0.15) is 6.10 Å². The van der Waals surface area contributed by atoms with E-state index < -0.39 is 10.1 Å². The Morgan fingerprint density at radius 2 is 2.24 bits per heavy atom. The average Bonchev–Trinajstić information content (AvgIpc) is 2.75. The number of nitrogens with zero attached hydrogens (tertiary/aromatic N) is 1. The fraction of sp³-hybridized carbons (Fsp3) is 0.462. The van der Waals surface area contributed by atoms with Gasteiger partial charge >= 0.3 is 6.09 Å². The number of ether oxygens (including phenoxy) is 1. The highest BCUT2D eigenvalue weighted by Crippen LogP contribution is 2.27. The molecule has 1 fully saturated rings. The van der Waals surface area contributed by atoms with Gasteiger partial charge in [0.25, 0.3) is 10.1 Å². The van der Waals surface area contributed by atoms with Gasteiger partial charge in [-0.3, -0.25) is 4.18 Å². The van der Waals surface area contributed by atoms with Crippen molar-refractivity contribution in [2.45, 2.75) is 12.5 Å². The van der Waals surface area contributed by atoms with Crippen molar-refractivity contribution in [1.29, 1.82) is 0 Å². The maximum Gasteiger partial charge on any atom is 0.410 e. The first kappa shape index (κ1) is 16.3. The number of amides is 1. The highest BCUT2D eigenvalue weighted by Gasteiger charge is 2.31. The number of hydrogen-bond donors (Lipinski definition) is 0. The first-order chi connectivity index (χ1) is 9.85. The Bertz CT molecular complexity index is 619. The Morgan fingerprint density at radius 1 is 1.48 bits per heavy atom. The SMILES string of the molecule is CS(=O)(=O)OCCCN1CC(c2cccc(Br)c2)OC1=O. The van der Waals surface area contributed by atoms with Crippen molar-refractivity contribution in [2.24, 2.45) is 0 Å². The van der Waals surface area contributed by atoms with Crippen molar-refractivity contribution in [3.8, 4) is 0 Å². The van der Waals surface area contributed by atoms with E-state index in [-0.39, 0.29) is 18.8 Å². The molecule has 1 atom stereocenters. The molecule has 6 nitrogen and oxygen atoms in total. The summed E-state index contributed by atoms with van der Waals surface area (Å²) in [7, 11) is -3.43. The molecule has 0 saturated carbocycles. The number of carbonyl (C=O) groups is 1. The summed E-state index contributed by atoms with van der Waals surface area (Å²) in [5.41, 5.74) is 0.924. The summed E-state index contributed by atoms with van der Waals surface area (Å²) in [5, 5.41) is 0. The van der Waals surface area contributed by atoms with Gasteiger partial charge in [0.15, 0.2) is 0 Å². The van der Waals surface area contributed by atoms with Crippen molar-refractivity contribution < 1.29 is 22.1 Å². The first-order valence-corrected chi connectivity index (χ1v) is 9.01. The van der Waals surface area contributed by atoms with Crippen LogP contribution in [0.4, 0.5) is 4.79 Å². The van der Waals surface area contributed by atoms with Crippen LogP contribution in [0.15, 0.2) is 28.7 Å². The Morgan fingerprint density at radius 3 is 2.90 bits per heavy atom. The molecule has 1 heterocycles. The molecule has 21 heavy (non-hydrogen) atoms. The monoisotopic (exact) mass is 377 g/mol. The third kappa shape index (κ3) is 4.98. The van der Waals surface area contributed by atoms with Gasteiger partial charge in [-0.15, -0.1) is 0 Å². The second-order valence-corrected chi connectivity index (χ2v) is 7.31. The zero-order valence-corrected chi connectivity index (χ0v) is 13.9. The van der Waals surface area contributed by atoms with E-state index in [4.69, 9.17) is 4.74 Å². The summed E-state index contributed by atoms with van der Waals surface area (Å²) < 4.78 is 32.5. The number of rotatable bonds is 6. The molecule has 1 aliphatic rings. The van der Waals surface area contributed by atoms with Crippen LogP contribution in [0.3, 0.4) is 0 Å². The summed E-state index contributed by atoms with van der Waals surface area (Å²) in [6, 6.07) is 7.60. The van der Waals surface area contributed by atoms with Crippen LogP contribution >= 0.6 is 15.9 Å². The second kappa shape index (κ2) is 6.76. The second-order valence-electron chi connectivity index (χ2n) is 4.75. The summed E-state index contributed by atoms with van der Waals surface area (Å²) >= 11 is 3.38. The topological polar surface area (TPSA) is 72.9 Å². The van der Waals surface area contributed by atoms with Crippen LogP contribution in [0.2, 0.25) is 0 Å². The highest BCUT2D eigenvalue weighted by molar-refractivity contribution is 9.10. The minimum Gasteiger partial charge on any atom is -0.439 e. The molecule has 1 aromatic carbocycles. The van der Waals surface area contributed by atoms with Gasteiger partial charge in [0, 0.05) is 11.0 Å². The molecular formula is C13H16BrNO5S. The van der Waals surface area contributed by atoms with Crippen molar-refractivity contribution in [2.75, 3.05) is 26.0 Å². The predicted octanol–water partition coefficient (Wildman–Crippen LogP) is 2.31. The number of cyclic esters (lactones) is 1. The van der Waals surface area contributed by atoms with E-state index in [1.807, 2.05) is 24.3 Å². The summed E-state index contributed by atoms with van der Waals surface area (Å²) in [5.74, 6) is 0. The van der Waals surface area contributed by atoms with Crippen LogP contribution in [-0.2, 0) is 19.0 Å². The predicted molar refractivity (Wildman–Crippen MR) is 80.3 cm³/mol. The molecule has 2 rings (SSSR count). The zero-order chi connectivity index (χ0) is 15.5. The largest absolute Gasteiger partial charge is 0.439 e. The molecule has 0 N–H and O–H groups in total. The maximum absolute atomic E-state index is 11.8. The molecule has 1 unspecified atom stereocenters. The highest BCUT2D eigenvalue weighted by atomic mass is 79.9. The average molecular weight is 378 g/mol. The van der Waals surface area contributed by atoms with Crippen molar-refractivity contribution >= 4 is 32.1 Å². The van der Waals surface area contributed by atoms with Crippen LogP contribution < -0.4 is 0 Å². The fourth-order valence-corrected chi connectivity index (χ4v) is 2.87. The van der Waals surface area contributed by atoms with Gasteiger partial charge in [-0.05, 0) is 24.1 Å². The molecule has 116 valence electrons. The molecule has 1 saturated heterocycles. The quantitative estimate of drug-likeness (QED) is 0.561. The van der Waals surface area contributed by atoms with E-state index in [9.17, 15) is 13.2 Å². The molecule has 0 spiro atoms. The van der Waals surface area contributed by atoms with Crippen molar-refractivity contribution in [1.82, 2.24) is 4.90 Å². The maximum atomic E-state index is 11.8. The third-order valence-electron chi connectivity index (χ3n) is 2.98. The van der Waals surface area contributed by atoms with E-state index in [1.54, 1.807) is 4.90 Å². The van der Waals surface area contributed by atoms with Crippen LogP contribution in [-0.4, -0.2) is 45.4 Å². The number of carbonyl (C=O) groups excluding carboxylic acids is 1. The van der Waals surface area contributed by atoms with Crippen molar-refractivity contribution in [3.05, 3.63) is 34.3 Å². The van der Waals surface area contributed by atoms with Gasteiger partial charge in [0.05, 0.1) is 19.4 Å². The lowest BCUT2D eigenvalue weighted by Crippen LogP contribution is -2.26. The number of hydrogen-bond acceptors (Lipinski definition) is 5. The minimum atomic E-state index is -3.43. The van der Waals surface area contributed by atoms with Gasteiger partial charge < -0.3 is 9.64 Å². The molecule has 0 aromatic heterocycles. The molecule has 1 aromatic rings. The van der Waals surface area contributed by atoms with Gasteiger partial charge in [-0.2, -0.15) is 8.42 Å². The lowest BCUT2D eigenvalue weighted by atomic mass is 10.1. The standard InChI is InChI=1S/C13H16BrNO5S/c1-21(17,18)19-7-3-6-15-9-12(20-13(15)16)10-4-2-5-11(14)8-10/h2,4-5,8,12H,3,6-7,9H2,1H3. The summed E-state index contributed by atoms with van der Waals surface area (Å²) in [6.07, 6.45) is 0.749. The number of benzene rings is 1. The van der Waals surface area contributed by atoms with Gasteiger partial charge in [-0.25, -0.2) is 4.79 Å². The van der Waals surface area contributed by atoms with E-state index in [0.717, 1.165) is 16.3 Å². The Hall–Kier alpha value is -1.12. The van der Waals surface area contributed by atoms with E-state index in [0.29, 0.717) is 19.5 Å². The molecule has 0 radical (unpaired) electrons. The molecule has 8 heteroatoms. The first-order valence-electron chi connectivity index (χ1n) is 6.40. The van der Waals surface area contributed by atoms with Gasteiger partial charge in [-0.1, -0.05) is 28.1 Å². The Kier molecular flexibility index (Phi) is 5.23. The zero-order valence-electron chi connectivity index (χ0n) is 11.5. The van der Waals surface area contributed by atoms with Crippen LogP contribution in [0.5, 0.6) is 0 Å². The lowest BCUT2D eigenvalue weighted by Gasteiger charge is -2.12. The Balaban J connectivity index is 1.85. The summed E-state index contributed by atoms with van der Waals surface area (Å²) in [4.78, 5) is 13.3. The van der Waals surface area contributed by atoms with Crippen LogP contribution in [0, 0.1) is 0 Å². The van der Waals surface area contributed by atoms with E-state index in [2.05, 4.69) is 20.1 Å². The normalized spacial score (nSPS) is 18.9. The Labute approximate surface area is 132 Å². The molecule has 1 aliphatic heterocycles. The molecular weight excluding hydrogens is 362 g/mol. The fourth-order valence-electron chi connectivity index (χ4n) is 2.04. The van der Waals surface area contributed by atoms with Crippen LogP contribution in [0.25, 0.3) is 0 Å². The molecule has 0 aliphatic carbocycles. The van der Waals surface area contributed by atoms with Crippen LogP contribution in [0.1, 0.15) is 18.1 Å². The van der Waals surface area contributed by atoms with E-state index in [1.165, 1.54) is 0 Å². The van der Waals surface area contributed by atoms with Gasteiger partial charge in [0.2, 0.25) is 0 Å². The van der Waals surface area contributed by atoms with Crippen molar-refractivity contribution in [3.63, 3.8) is 0 Å². The summed E-state index contributed by atoms with van der Waals surface area (Å²) in [6.45, 7) is 0.914. The smallest absolute Gasteiger partial charge is 0.410 e.